The Morgan fingerprint density at radius 1 is 1.24 bits per heavy atom. The summed E-state index contributed by atoms with van der Waals surface area (Å²) in [4.78, 5) is 18.3. The van der Waals surface area contributed by atoms with Gasteiger partial charge < -0.3 is 15.0 Å². The number of pyridine rings is 1. The molecule has 0 bridgehead atoms. The van der Waals surface area contributed by atoms with Gasteiger partial charge >= 0.3 is 0 Å². The highest BCUT2D eigenvalue weighted by Gasteiger charge is 2.16. The molecule has 1 aromatic heterocycles. The van der Waals surface area contributed by atoms with Crippen molar-refractivity contribution in [3.8, 4) is 0 Å². The Hall–Kier alpha value is -1.98. The largest absolute Gasteiger partial charge is 0.378 e. The fourth-order valence-electron chi connectivity index (χ4n) is 2.54. The van der Waals surface area contributed by atoms with E-state index >= 15 is 0 Å². The zero-order chi connectivity index (χ0) is 14.5. The van der Waals surface area contributed by atoms with Crippen molar-refractivity contribution in [3.05, 3.63) is 42.1 Å². The first-order chi connectivity index (χ1) is 10.3. The van der Waals surface area contributed by atoms with E-state index in [1.807, 2.05) is 35.2 Å². The Morgan fingerprint density at radius 3 is 2.90 bits per heavy atom. The van der Waals surface area contributed by atoms with E-state index in [0.29, 0.717) is 39.4 Å². The second-order valence-corrected chi connectivity index (χ2v) is 5.09. The van der Waals surface area contributed by atoms with Gasteiger partial charge in [-0.15, -0.1) is 0 Å². The smallest absolute Gasteiger partial charge is 0.236 e. The number of carbonyl (C=O) groups excluding carboxylic acids is 1. The van der Waals surface area contributed by atoms with Gasteiger partial charge in [0.2, 0.25) is 5.91 Å². The summed E-state index contributed by atoms with van der Waals surface area (Å²) in [5, 5.41) is 4.34. The first-order valence-corrected chi connectivity index (χ1v) is 7.23. The lowest BCUT2D eigenvalue weighted by Crippen LogP contribution is -2.44. The summed E-state index contributed by atoms with van der Waals surface area (Å²) in [6, 6.07) is 10.1. The van der Waals surface area contributed by atoms with Crippen LogP contribution in [0.1, 0.15) is 5.56 Å². The van der Waals surface area contributed by atoms with Gasteiger partial charge in [0.05, 0.1) is 25.3 Å². The maximum atomic E-state index is 12.0. The van der Waals surface area contributed by atoms with Crippen LogP contribution in [0.15, 0.2) is 36.5 Å². The number of hydrogen-bond acceptors (Lipinski definition) is 4. The lowest BCUT2D eigenvalue weighted by molar-refractivity contribution is -0.134. The average molecular weight is 285 g/mol. The van der Waals surface area contributed by atoms with Crippen molar-refractivity contribution in [1.82, 2.24) is 15.2 Å². The van der Waals surface area contributed by atoms with Crippen LogP contribution in [0.4, 0.5) is 0 Å². The molecular formula is C16H19N3O2. The van der Waals surface area contributed by atoms with Crippen molar-refractivity contribution >= 4 is 16.8 Å². The van der Waals surface area contributed by atoms with Crippen LogP contribution in [-0.2, 0) is 16.1 Å². The lowest BCUT2D eigenvalue weighted by atomic mass is 10.1. The predicted octanol–water partition coefficient (Wildman–Crippen LogP) is 1.18. The number of hydrogen-bond donors (Lipinski definition) is 1. The molecule has 5 heteroatoms. The minimum Gasteiger partial charge on any atom is -0.378 e. The third kappa shape index (κ3) is 3.37. The van der Waals surface area contributed by atoms with Gasteiger partial charge in [-0.2, -0.15) is 0 Å². The molecule has 110 valence electrons. The van der Waals surface area contributed by atoms with Crippen LogP contribution < -0.4 is 5.32 Å². The van der Waals surface area contributed by atoms with Gasteiger partial charge in [-0.25, -0.2) is 0 Å². The molecule has 3 rings (SSSR count). The van der Waals surface area contributed by atoms with Gasteiger partial charge in [-0.05, 0) is 11.6 Å². The summed E-state index contributed by atoms with van der Waals surface area (Å²) in [6.45, 7) is 3.65. The fraction of sp³-hybridized carbons (Fsp3) is 0.375. The third-order valence-electron chi connectivity index (χ3n) is 3.67. The van der Waals surface area contributed by atoms with E-state index < -0.39 is 0 Å². The minimum atomic E-state index is 0.131. The topological polar surface area (TPSA) is 54.5 Å². The molecule has 0 atom stereocenters. The summed E-state index contributed by atoms with van der Waals surface area (Å²) < 4.78 is 5.25. The summed E-state index contributed by atoms with van der Waals surface area (Å²) in [5.74, 6) is 0.131. The number of aromatic nitrogens is 1. The number of nitrogens with one attached hydrogen (secondary N) is 1. The van der Waals surface area contributed by atoms with Gasteiger partial charge in [0.1, 0.15) is 0 Å². The van der Waals surface area contributed by atoms with E-state index in [4.69, 9.17) is 4.74 Å². The van der Waals surface area contributed by atoms with Crippen molar-refractivity contribution < 1.29 is 9.53 Å². The van der Waals surface area contributed by atoms with Gasteiger partial charge in [-0.3, -0.25) is 9.78 Å². The maximum Gasteiger partial charge on any atom is 0.236 e. The van der Waals surface area contributed by atoms with Gasteiger partial charge in [0.15, 0.2) is 0 Å². The first kappa shape index (κ1) is 14.0. The van der Waals surface area contributed by atoms with E-state index in [1.165, 1.54) is 0 Å². The van der Waals surface area contributed by atoms with E-state index in [0.717, 1.165) is 16.5 Å². The van der Waals surface area contributed by atoms with Crippen LogP contribution in [0.5, 0.6) is 0 Å². The number of para-hydroxylation sites is 1. The molecule has 1 aliphatic rings. The number of amides is 1. The Kier molecular flexibility index (Phi) is 4.43. The maximum absolute atomic E-state index is 12.0. The molecule has 0 aliphatic carbocycles. The van der Waals surface area contributed by atoms with Crippen LogP contribution in [-0.4, -0.2) is 48.6 Å². The van der Waals surface area contributed by atoms with Gasteiger partial charge in [0.25, 0.3) is 0 Å². The molecule has 2 heterocycles. The zero-order valence-corrected chi connectivity index (χ0v) is 11.9. The molecule has 0 radical (unpaired) electrons. The molecule has 5 nitrogen and oxygen atoms in total. The molecule has 0 spiro atoms. The number of ether oxygens (including phenoxy) is 1. The Balaban J connectivity index is 1.58. The molecule has 0 saturated carbocycles. The summed E-state index contributed by atoms with van der Waals surface area (Å²) in [7, 11) is 0. The van der Waals surface area contributed by atoms with Crippen molar-refractivity contribution in [3.63, 3.8) is 0 Å². The number of morpholine rings is 1. The number of nitrogens with zero attached hydrogens (tertiary/aromatic N) is 2. The van der Waals surface area contributed by atoms with Gasteiger partial charge in [-0.1, -0.05) is 24.3 Å². The van der Waals surface area contributed by atoms with Crippen LogP contribution in [0.2, 0.25) is 0 Å². The van der Waals surface area contributed by atoms with Crippen LogP contribution in [0.25, 0.3) is 10.9 Å². The highest BCUT2D eigenvalue weighted by Crippen LogP contribution is 2.15. The van der Waals surface area contributed by atoms with Crippen LogP contribution in [0, 0.1) is 0 Å². The molecule has 2 aromatic rings. The van der Waals surface area contributed by atoms with Crippen molar-refractivity contribution in [2.24, 2.45) is 0 Å². The first-order valence-electron chi connectivity index (χ1n) is 7.23. The fourth-order valence-corrected chi connectivity index (χ4v) is 2.54. The normalized spacial score (nSPS) is 15.3. The predicted molar refractivity (Wildman–Crippen MR) is 80.8 cm³/mol. The SMILES string of the molecule is O=C(CNCc1cccc2cccnc12)N1CCOCC1. The summed E-state index contributed by atoms with van der Waals surface area (Å²) in [6.07, 6.45) is 1.80. The standard InChI is InChI=1S/C16H19N3O2/c20-15(19-7-9-21-10-8-19)12-17-11-14-4-1-3-13-5-2-6-18-16(13)14/h1-6,17H,7-12H2. The van der Waals surface area contributed by atoms with Crippen molar-refractivity contribution in [2.45, 2.75) is 6.54 Å². The molecule has 1 saturated heterocycles. The molecule has 1 fully saturated rings. The van der Waals surface area contributed by atoms with Crippen molar-refractivity contribution in [2.75, 3.05) is 32.8 Å². The summed E-state index contributed by atoms with van der Waals surface area (Å²) in [5.41, 5.74) is 2.11. The Bertz CT molecular complexity index is 618. The van der Waals surface area contributed by atoms with Crippen molar-refractivity contribution in [1.29, 1.82) is 0 Å². The van der Waals surface area contributed by atoms with Crippen LogP contribution in [0.3, 0.4) is 0 Å². The minimum absolute atomic E-state index is 0.131. The molecular weight excluding hydrogens is 266 g/mol. The second-order valence-electron chi connectivity index (χ2n) is 5.09. The third-order valence-corrected chi connectivity index (χ3v) is 3.67. The molecule has 0 unspecified atom stereocenters. The number of benzene rings is 1. The highest BCUT2D eigenvalue weighted by atomic mass is 16.5. The molecule has 1 N–H and O–H groups in total. The van der Waals surface area contributed by atoms with E-state index in [2.05, 4.69) is 10.3 Å². The zero-order valence-electron chi connectivity index (χ0n) is 11.9. The number of rotatable bonds is 4. The Labute approximate surface area is 123 Å². The van der Waals surface area contributed by atoms with E-state index in [-0.39, 0.29) is 5.91 Å². The molecule has 1 aromatic carbocycles. The van der Waals surface area contributed by atoms with Crippen LogP contribution >= 0.6 is 0 Å². The van der Waals surface area contributed by atoms with E-state index in [1.54, 1.807) is 6.20 Å². The molecule has 1 amide bonds. The summed E-state index contributed by atoms with van der Waals surface area (Å²) >= 11 is 0. The number of fused-ring (bicyclic) bond motifs is 1. The average Bonchev–Trinajstić information content (AvgIpc) is 2.56. The second kappa shape index (κ2) is 6.65. The Morgan fingerprint density at radius 2 is 2.05 bits per heavy atom. The monoisotopic (exact) mass is 285 g/mol. The highest BCUT2D eigenvalue weighted by molar-refractivity contribution is 5.81. The quantitative estimate of drug-likeness (QED) is 0.916. The molecule has 1 aliphatic heterocycles. The van der Waals surface area contributed by atoms with E-state index in [9.17, 15) is 4.79 Å². The molecule has 21 heavy (non-hydrogen) atoms. The number of carbonyl (C=O) groups is 1. The lowest BCUT2D eigenvalue weighted by Gasteiger charge is -2.26. The van der Waals surface area contributed by atoms with Gasteiger partial charge in [0, 0.05) is 31.2 Å².